The molecule has 0 fully saturated rings. The number of para-hydroxylation sites is 1. The Hall–Kier alpha value is -2.70. The third-order valence-corrected chi connectivity index (χ3v) is 5.38. The van der Waals surface area contributed by atoms with Gasteiger partial charge in [0.1, 0.15) is 16.0 Å². The molecule has 0 aliphatic carbocycles. The van der Waals surface area contributed by atoms with Crippen molar-refractivity contribution in [2.24, 2.45) is 0 Å². The molecule has 0 saturated heterocycles. The molecule has 0 amide bonds. The summed E-state index contributed by atoms with van der Waals surface area (Å²) in [6.45, 7) is 0. The Balaban J connectivity index is 1.69. The Morgan fingerprint density at radius 3 is 2.79 bits per heavy atom. The highest BCUT2D eigenvalue weighted by Gasteiger charge is 2.13. The normalized spacial score (nSPS) is 11.5. The van der Waals surface area contributed by atoms with Crippen LogP contribution in [0.3, 0.4) is 0 Å². The van der Waals surface area contributed by atoms with Crippen LogP contribution in [-0.2, 0) is 0 Å². The molecule has 4 rings (SSSR count). The van der Waals surface area contributed by atoms with Gasteiger partial charge in [0.25, 0.3) is 0 Å². The standard InChI is InChI=1S/C18H11NO3S2/c20-13(15-6-3-9-23-15)7-8-19-17-16-12(10-24-17)11-4-1-2-5-14(11)22-18(16)21/h1-10,19H/b8-7-. The van der Waals surface area contributed by atoms with Gasteiger partial charge in [-0.3, -0.25) is 4.79 Å². The third-order valence-electron chi connectivity index (χ3n) is 3.59. The van der Waals surface area contributed by atoms with Gasteiger partial charge in [-0.2, -0.15) is 0 Å². The minimum Gasteiger partial charge on any atom is -0.422 e. The van der Waals surface area contributed by atoms with Crippen molar-refractivity contribution in [1.29, 1.82) is 0 Å². The largest absolute Gasteiger partial charge is 0.422 e. The van der Waals surface area contributed by atoms with E-state index in [-0.39, 0.29) is 11.4 Å². The number of carbonyl (C=O) groups is 1. The van der Waals surface area contributed by atoms with Gasteiger partial charge >= 0.3 is 5.63 Å². The summed E-state index contributed by atoms with van der Waals surface area (Å²) in [4.78, 5) is 24.9. The summed E-state index contributed by atoms with van der Waals surface area (Å²) in [7, 11) is 0. The van der Waals surface area contributed by atoms with Crippen LogP contribution in [0.1, 0.15) is 9.67 Å². The van der Waals surface area contributed by atoms with E-state index in [0.29, 0.717) is 20.8 Å². The minimum atomic E-state index is -0.384. The smallest absolute Gasteiger partial charge is 0.347 e. The lowest BCUT2D eigenvalue weighted by molar-refractivity contribution is 0.105. The lowest BCUT2D eigenvalue weighted by Gasteiger charge is -2.00. The molecule has 0 unspecified atom stereocenters. The van der Waals surface area contributed by atoms with Crippen LogP contribution in [0, 0.1) is 0 Å². The second-order valence-electron chi connectivity index (χ2n) is 5.06. The lowest BCUT2D eigenvalue weighted by atomic mass is 10.1. The first-order chi connectivity index (χ1) is 11.7. The molecule has 1 N–H and O–H groups in total. The molecule has 1 aromatic carbocycles. The first-order valence-corrected chi connectivity index (χ1v) is 8.94. The van der Waals surface area contributed by atoms with Crippen LogP contribution < -0.4 is 10.9 Å². The van der Waals surface area contributed by atoms with Crippen LogP contribution in [0.4, 0.5) is 5.00 Å². The van der Waals surface area contributed by atoms with Gasteiger partial charge in [0.05, 0.1) is 4.88 Å². The lowest BCUT2D eigenvalue weighted by Crippen LogP contribution is -2.00. The molecule has 6 heteroatoms. The topological polar surface area (TPSA) is 59.3 Å². The molecule has 0 atom stereocenters. The molecule has 4 aromatic rings. The van der Waals surface area contributed by atoms with Gasteiger partial charge in [0, 0.05) is 28.4 Å². The Kier molecular flexibility index (Phi) is 3.76. The molecular weight excluding hydrogens is 342 g/mol. The molecule has 0 bridgehead atoms. The molecule has 0 saturated carbocycles. The molecular formula is C18H11NO3S2. The highest BCUT2D eigenvalue weighted by molar-refractivity contribution is 7.16. The number of hydrogen-bond donors (Lipinski definition) is 1. The van der Waals surface area contributed by atoms with E-state index < -0.39 is 0 Å². The summed E-state index contributed by atoms with van der Waals surface area (Å²) < 4.78 is 5.38. The molecule has 4 nitrogen and oxygen atoms in total. The van der Waals surface area contributed by atoms with Gasteiger partial charge in [-0.1, -0.05) is 24.3 Å². The van der Waals surface area contributed by atoms with Crippen molar-refractivity contribution < 1.29 is 9.21 Å². The first kappa shape index (κ1) is 14.9. The number of thiophene rings is 2. The van der Waals surface area contributed by atoms with E-state index in [0.717, 1.165) is 10.8 Å². The number of carbonyl (C=O) groups excluding carboxylic acids is 1. The summed E-state index contributed by atoms with van der Waals surface area (Å²) in [5.41, 5.74) is 0.188. The Morgan fingerprint density at radius 1 is 1.08 bits per heavy atom. The predicted molar refractivity (Wildman–Crippen MR) is 99.3 cm³/mol. The fraction of sp³-hybridized carbons (Fsp3) is 0. The van der Waals surface area contributed by atoms with Crippen molar-refractivity contribution in [2.75, 3.05) is 5.32 Å². The number of anilines is 1. The monoisotopic (exact) mass is 353 g/mol. The van der Waals surface area contributed by atoms with E-state index in [1.165, 1.54) is 28.7 Å². The number of rotatable bonds is 4. The summed E-state index contributed by atoms with van der Waals surface area (Å²) >= 11 is 2.80. The Bertz CT molecular complexity index is 1120. The summed E-state index contributed by atoms with van der Waals surface area (Å²) in [6, 6.07) is 11.1. The van der Waals surface area contributed by atoms with E-state index in [9.17, 15) is 9.59 Å². The average Bonchev–Trinajstić information content (AvgIpc) is 3.25. The minimum absolute atomic E-state index is 0.0733. The van der Waals surface area contributed by atoms with Crippen molar-refractivity contribution in [1.82, 2.24) is 0 Å². The maximum absolute atomic E-state index is 12.3. The molecule has 0 radical (unpaired) electrons. The van der Waals surface area contributed by atoms with Crippen molar-refractivity contribution in [3.05, 3.63) is 74.7 Å². The summed E-state index contributed by atoms with van der Waals surface area (Å²) in [6.07, 6.45) is 3.02. The molecule has 118 valence electrons. The van der Waals surface area contributed by atoms with Crippen molar-refractivity contribution in [2.45, 2.75) is 0 Å². The average molecular weight is 353 g/mol. The Labute approximate surface area is 144 Å². The summed E-state index contributed by atoms with van der Waals surface area (Å²) in [5, 5.41) is 9.73. The van der Waals surface area contributed by atoms with Gasteiger partial charge in [-0.05, 0) is 17.5 Å². The second-order valence-corrected chi connectivity index (χ2v) is 6.89. The van der Waals surface area contributed by atoms with Crippen LogP contribution in [0.25, 0.3) is 21.7 Å². The van der Waals surface area contributed by atoms with E-state index >= 15 is 0 Å². The number of hydrogen-bond acceptors (Lipinski definition) is 6. The van der Waals surface area contributed by atoms with Gasteiger partial charge in [-0.25, -0.2) is 4.79 Å². The number of allylic oxidation sites excluding steroid dienone is 1. The SMILES string of the molecule is O=C(/C=C\Nc1scc2c1c(=O)oc1ccccc12)c1cccs1. The van der Waals surface area contributed by atoms with E-state index in [4.69, 9.17) is 4.42 Å². The number of benzene rings is 1. The van der Waals surface area contributed by atoms with Gasteiger partial charge in [0.15, 0.2) is 5.78 Å². The molecule has 0 spiro atoms. The second kappa shape index (κ2) is 6.07. The van der Waals surface area contributed by atoms with Crippen molar-refractivity contribution in [3.8, 4) is 0 Å². The number of fused-ring (bicyclic) bond motifs is 3. The zero-order valence-corrected chi connectivity index (χ0v) is 13.9. The van der Waals surface area contributed by atoms with E-state index in [1.807, 2.05) is 35.0 Å². The quantitative estimate of drug-likeness (QED) is 0.323. The fourth-order valence-electron chi connectivity index (χ4n) is 2.49. The first-order valence-electron chi connectivity index (χ1n) is 7.18. The van der Waals surface area contributed by atoms with Crippen LogP contribution in [-0.4, -0.2) is 5.78 Å². The zero-order valence-electron chi connectivity index (χ0n) is 12.3. The van der Waals surface area contributed by atoms with Crippen LogP contribution in [0.15, 0.2) is 68.6 Å². The van der Waals surface area contributed by atoms with Gasteiger partial charge in [-0.15, -0.1) is 22.7 Å². The highest BCUT2D eigenvalue weighted by atomic mass is 32.1. The molecule has 0 aliphatic heterocycles. The highest BCUT2D eigenvalue weighted by Crippen LogP contribution is 2.33. The number of ketones is 1. The molecule has 0 aliphatic rings. The molecule has 3 heterocycles. The van der Waals surface area contributed by atoms with Crippen LogP contribution in [0.5, 0.6) is 0 Å². The van der Waals surface area contributed by atoms with Crippen molar-refractivity contribution in [3.63, 3.8) is 0 Å². The van der Waals surface area contributed by atoms with E-state index in [1.54, 1.807) is 18.3 Å². The maximum Gasteiger partial charge on any atom is 0.347 e. The van der Waals surface area contributed by atoms with Gasteiger partial charge < -0.3 is 9.73 Å². The number of nitrogens with one attached hydrogen (secondary N) is 1. The molecule has 3 aromatic heterocycles. The van der Waals surface area contributed by atoms with E-state index in [2.05, 4.69) is 5.32 Å². The van der Waals surface area contributed by atoms with Crippen LogP contribution >= 0.6 is 22.7 Å². The summed E-state index contributed by atoms with van der Waals surface area (Å²) in [5.74, 6) is -0.0733. The Morgan fingerprint density at radius 2 is 1.96 bits per heavy atom. The molecule has 24 heavy (non-hydrogen) atoms. The fourth-order valence-corrected chi connectivity index (χ4v) is 4.06. The van der Waals surface area contributed by atoms with Crippen molar-refractivity contribution >= 4 is 55.2 Å². The van der Waals surface area contributed by atoms with Crippen LogP contribution in [0.2, 0.25) is 0 Å². The zero-order chi connectivity index (χ0) is 16.5. The predicted octanol–water partition coefficient (Wildman–Crippen LogP) is 4.88. The van der Waals surface area contributed by atoms with Gasteiger partial charge in [0.2, 0.25) is 0 Å². The third kappa shape index (κ3) is 2.55. The maximum atomic E-state index is 12.3.